The van der Waals surface area contributed by atoms with E-state index >= 15 is 0 Å². The van der Waals surface area contributed by atoms with Gasteiger partial charge < -0.3 is 0 Å². The second-order valence-electron chi connectivity index (χ2n) is 3.55. The van der Waals surface area contributed by atoms with Gasteiger partial charge in [-0.3, -0.25) is 10.8 Å². The van der Waals surface area contributed by atoms with Gasteiger partial charge >= 0.3 is 0 Å². The van der Waals surface area contributed by atoms with Crippen molar-refractivity contribution in [2.75, 3.05) is 0 Å². The zero-order valence-corrected chi connectivity index (χ0v) is 8.90. The van der Waals surface area contributed by atoms with Gasteiger partial charge in [-0.05, 0) is 23.8 Å². The van der Waals surface area contributed by atoms with Crippen LogP contribution in [0.4, 0.5) is 8.78 Å². The summed E-state index contributed by atoms with van der Waals surface area (Å²) in [5.41, 5.74) is 3.55. The topological polar surface area (TPSA) is 50.9 Å². The number of halogens is 2. The lowest BCUT2D eigenvalue weighted by Crippen LogP contribution is -2.29. The summed E-state index contributed by atoms with van der Waals surface area (Å²) in [4.78, 5) is 3.67. The number of benzene rings is 1. The minimum atomic E-state index is -0.529. The fourth-order valence-corrected chi connectivity index (χ4v) is 1.64. The summed E-state index contributed by atoms with van der Waals surface area (Å²) >= 11 is 0. The first-order valence-electron chi connectivity index (χ1n) is 5.03. The molecule has 1 aromatic carbocycles. The summed E-state index contributed by atoms with van der Waals surface area (Å²) in [6.07, 6.45) is 2.59. The highest BCUT2D eigenvalue weighted by atomic mass is 19.1. The van der Waals surface area contributed by atoms with Crippen LogP contribution >= 0.6 is 0 Å². The Morgan fingerprint density at radius 1 is 1.12 bits per heavy atom. The third-order valence-electron chi connectivity index (χ3n) is 2.48. The number of nitrogens with zero attached hydrogens (tertiary/aromatic N) is 1. The van der Waals surface area contributed by atoms with Crippen molar-refractivity contribution in [3.63, 3.8) is 0 Å². The number of rotatable bonds is 3. The van der Waals surface area contributed by atoms with Crippen LogP contribution in [0.1, 0.15) is 17.2 Å². The highest BCUT2D eigenvalue weighted by molar-refractivity contribution is 5.31. The van der Waals surface area contributed by atoms with Gasteiger partial charge in [0.15, 0.2) is 0 Å². The van der Waals surface area contributed by atoms with Gasteiger partial charge in [-0.2, -0.15) is 0 Å². The number of nitrogens with two attached hydrogens (primary N) is 1. The molecule has 0 aliphatic carbocycles. The predicted molar refractivity (Wildman–Crippen MR) is 59.8 cm³/mol. The molecule has 0 spiro atoms. The fourth-order valence-electron chi connectivity index (χ4n) is 1.64. The highest BCUT2D eigenvalue weighted by Crippen LogP contribution is 2.23. The lowest BCUT2D eigenvalue weighted by molar-refractivity contribution is 0.554. The smallest absolute Gasteiger partial charge is 0.146 e. The van der Waals surface area contributed by atoms with Crippen molar-refractivity contribution >= 4 is 0 Å². The molecular weight excluding hydrogens is 224 g/mol. The second kappa shape index (κ2) is 4.99. The summed E-state index contributed by atoms with van der Waals surface area (Å²) < 4.78 is 26.4. The number of nitrogens with one attached hydrogen (secondary N) is 1. The van der Waals surface area contributed by atoms with Crippen molar-refractivity contribution in [3.05, 3.63) is 65.5 Å². The Labute approximate surface area is 97.3 Å². The molecule has 1 unspecified atom stereocenters. The Balaban J connectivity index is 2.40. The molecule has 0 fully saturated rings. The molecule has 3 nitrogen and oxygen atoms in total. The molecule has 2 aromatic rings. The Hall–Kier alpha value is -1.85. The molecule has 0 aliphatic heterocycles. The van der Waals surface area contributed by atoms with E-state index in [0.717, 1.165) is 6.20 Å². The van der Waals surface area contributed by atoms with E-state index in [-0.39, 0.29) is 5.82 Å². The third-order valence-corrected chi connectivity index (χ3v) is 2.48. The molecule has 0 amide bonds. The van der Waals surface area contributed by atoms with Gasteiger partial charge in [0.2, 0.25) is 0 Å². The zero-order chi connectivity index (χ0) is 12.3. The van der Waals surface area contributed by atoms with Gasteiger partial charge in [-0.15, -0.1) is 0 Å². The maximum absolute atomic E-state index is 13.6. The van der Waals surface area contributed by atoms with Gasteiger partial charge in [0.1, 0.15) is 11.6 Å². The van der Waals surface area contributed by atoms with Crippen LogP contribution in [0.5, 0.6) is 0 Å². The van der Waals surface area contributed by atoms with Gasteiger partial charge in [0, 0.05) is 11.8 Å². The van der Waals surface area contributed by atoms with Crippen molar-refractivity contribution in [3.8, 4) is 0 Å². The maximum Gasteiger partial charge on any atom is 0.146 e. The second-order valence-corrected chi connectivity index (χ2v) is 3.55. The van der Waals surface area contributed by atoms with Crippen LogP contribution in [-0.4, -0.2) is 4.98 Å². The molecule has 17 heavy (non-hydrogen) atoms. The molecule has 0 saturated carbocycles. The van der Waals surface area contributed by atoms with Crippen LogP contribution in [0.2, 0.25) is 0 Å². The first-order chi connectivity index (χ1) is 8.22. The minimum Gasteiger partial charge on any atom is -0.271 e. The van der Waals surface area contributed by atoms with Crippen LogP contribution in [0.25, 0.3) is 0 Å². The first kappa shape index (κ1) is 11.6. The lowest BCUT2D eigenvalue weighted by atomic mass is 10.00. The third kappa shape index (κ3) is 2.46. The Kier molecular flexibility index (Phi) is 3.41. The molecule has 0 aliphatic rings. The number of hydrogen-bond acceptors (Lipinski definition) is 3. The number of pyridine rings is 1. The molecule has 1 atom stereocenters. The van der Waals surface area contributed by atoms with E-state index in [4.69, 9.17) is 5.84 Å². The molecular formula is C12H11F2N3. The molecule has 0 saturated heterocycles. The van der Waals surface area contributed by atoms with Crippen molar-refractivity contribution in [2.45, 2.75) is 6.04 Å². The van der Waals surface area contributed by atoms with Crippen LogP contribution in [0.3, 0.4) is 0 Å². The van der Waals surface area contributed by atoms with Gasteiger partial charge in [-0.25, -0.2) is 14.2 Å². The normalized spacial score (nSPS) is 12.4. The molecule has 3 N–H and O–H groups in total. The van der Waals surface area contributed by atoms with E-state index < -0.39 is 11.9 Å². The molecule has 5 heteroatoms. The van der Waals surface area contributed by atoms with Gasteiger partial charge in [0.25, 0.3) is 0 Å². The summed E-state index contributed by atoms with van der Waals surface area (Å²) in [7, 11) is 0. The molecule has 0 radical (unpaired) electrons. The fraction of sp³-hybridized carbons (Fsp3) is 0.0833. The molecule has 88 valence electrons. The quantitative estimate of drug-likeness (QED) is 0.631. The standard InChI is InChI=1S/C12H11F2N3/c13-9-3-1-8(2-4-9)12(17-15)10-5-6-16-7-11(10)14/h1-7,12,17H,15H2. The average Bonchev–Trinajstić information content (AvgIpc) is 2.35. The predicted octanol–water partition coefficient (Wildman–Crippen LogP) is 1.91. The average molecular weight is 235 g/mol. The van der Waals surface area contributed by atoms with Crippen LogP contribution < -0.4 is 11.3 Å². The monoisotopic (exact) mass is 235 g/mol. The summed E-state index contributed by atoms with van der Waals surface area (Å²) in [5.74, 6) is 4.61. The van der Waals surface area contributed by atoms with Crippen molar-refractivity contribution < 1.29 is 8.78 Å². The minimum absolute atomic E-state index is 0.347. The Morgan fingerprint density at radius 3 is 2.41 bits per heavy atom. The van der Waals surface area contributed by atoms with Gasteiger partial charge in [-0.1, -0.05) is 12.1 Å². The lowest BCUT2D eigenvalue weighted by Gasteiger charge is -2.17. The highest BCUT2D eigenvalue weighted by Gasteiger charge is 2.16. The summed E-state index contributed by atoms with van der Waals surface area (Å²) in [5, 5.41) is 0. The van der Waals surface area contributed by atoms with Crippen LogP contribution in [0.15, 0.2) is 42.7 Å². The van der Waals surface area contributed by atoms with E-state index in [1.165, 1.54) is 24.4 Å². The van der Waals surface area contributed by atoms with Gasteiger partial charge in [0.05, 0.1) is 12.2 Å². The van der Waals surface area contributed by atoms with Crippen molar-refractivity contribution in [1.82, 2.24) is 10.4 Å². The van der Waals surface area contributed by atoms with Crippen LogP contribution in [-0.2, 0) is 0 Å². The van der Waals surface area contributed by atoms with Crippen LogP contribution in [0, 0.1) is 11.6 Å². The van der Waals surface area contributed by atoms with E-state index in [1.807, 2.05) is 0 Å². The molecule has 1 heterocycles. The number of hydrazine groups is 1. The Bertz CT molecular complexity index is 499. The molecule has 1 aromatic heterocycles. The Morgan fingerprint density at radius 2 is 1.82 bits per heavy atom. The molecule has 0 bridgehead atoms. The SMILES string of the molecule is NNC(c1ccc(F)cc1)c1ccncc1F. The number of aromatic nitrogens is 1. The number of hydrogen-bond donors (Lipinski definition) is 2. The van der Waals surface area contributed by atoms with Crippen molar-refractivity contribution in [1.29, 1.82) is 0 Å². The molecule has 2 rings (SSSR count). The summed E-state index contributed by atoms with van der Waals surface area (Å²) in [6, 6.07) is 6.72. The first-order valence-corrected chi connectivity index (χ1v) is 5.03. The zero-order valence-electron chi connectivity index (χ0n) is 8.90. The largest absolute Gasteiger partial charge is 0.271 e. The van der Waals surface area contributed by atoms with E-state index in [0.29, 0.717) is 11.1 Å². The maximum atomic E-state index is 13.6. The van der Waals surface area contributed by atoms with E-state index in [9.17, 15) is 8.78 Å². The van der Waals surface area contributed by atoms with Crippen molar-refractivity contribution in [2.24, 2.45) is 5.84 Å². The summed E-state index contributed by atoms with van der Waals surface area (Å²) in [6.45, 7) is 0. The van der Waals surface area contributed by atoms with E-state index in [1.54, 1.807) is 12.1 Å². The van der Waals surface area contributed by atoms with E-state index in [2.05, 4.69) is 10.4 Å².